The molecule has 1 aromatic rings. The predicted molar refractivity (Wildman–Crippen MR) is 56.5 cm³/mol. The number of anilines is 1. The van der Waals surface area contributed by atoms with Crippen molar-refractivity contribution in [2.75, 3.05) is 18.0 Å². The summed E-state index contributed by atoms with van der Waals surface area (Å²) in [5.74, 6) is 0. The minimum atomic E-state index is 0.0190. The molecule has 1 aliphatic heterocycles. The third-order valence-electron chi connectivity index (χ3n) is 2.49. The second kappa shape index (κ2) is 3.70. The number of benzene rings is 1. The van der Waals surface area contributed by atoms with Crippen molar-refractivity contribution < 1.29 is 4.79 Å². The molecule has 1 heterocycles. The van der Waals surface area contributed by atoms with Gasteiger partial charge in [0, 0.05) is 18.8 Å². The van der Waals surface area contributed by atoms with Gasteiger partial charge in [-0.25, -0.2) is 4.79 Å². The maximum atomic E-state index is 11.6. The Labute approximate surface area is 83.7 Å². The normalized spacial score (nSPS) is 16.6. The summed E-state index contributed by atoms with van der Waals surface area (Å²) < 4.78 is 0. The molecule has 74 valence electrons. The van der Waals surface area contributed by atoms with E-state index in [0.717, 1.165) is 30.8 Å². The van der Waals surface area contributed by atoms with Gasteiger partial charge >= 0.3 is 6.03 Å². The lowest BCUT2D eigenvalue weighted by Gasteiger charge is -2.28. The first kappa shape index (κ1) is 9.06. The van der Waals surface area contributed by atoms with Crippen molar-refractivity contribution in [3.8, 4) is 0 Å². The van der Waals surface area contributed by atoms with Gasteiger partial charge in [0.25, 0.3) is 0 Å². The summed E-state index contributed by atoms with van der Waals surface area (Å²) >= 11 is 0. The van der Waals surface area contributed by atoms with E-state index < -0.39 is 0 Å². The van der Waals surface area contributed by atoms with Crippen LogP contribution in [0, 0.1) is 6.92 Å². The molecule has 14 heavy (non-hydrogen) atoms. The molecule has 0 aromatic heterocycles. The Morgan fingerprint density at radius 3 is 2.86 bits per heavy atom. The minimum Gasteiger partial charge on any atom is -0.338 e. The zero-order valence-electron chi connectivity index (χ0n) is 8.29. The van der Waals surface area contributed by atoms with Gasteiger partial charge < -0.3 is 5.32 Å². The van der Waals surface area contributed by atoms with Crippen LogP contribution in [-0.2, 0) is 0 Å². The van der Waals surface area contributed by atoms with Crippen molar-refractivity contribution in [1.82, 2.24) is 5.32 Å². The molecule has 1 aromatic carbocycles. The molecule has 3 nitrogen and oxygen atoms in total. The average Bonchev–Trinajstić information content (AvgIpc) is 2.20. The molecule has 0 aliphatic carbocycles. The van der Waals surface area contributed by atoms with Gasteiger partial charge in [-0.3, -0.25) is 4.90 Å². The van der Waals surface area contributed by atoms with Gasteiger partial charge in [0.05, 0.1) is 0 Å². The minimum absolute atomic E-state index is 0.0190. The van der Waals surface area contributed by atoms with E-state index in [0.29, 0.717) is 0 Å². The number of rotatable bonds is 1. The number of aryl methyl sites for hydroxylation is 1. The lowest BCUT2D eigenvalue weighted by atomic mass is 10.1. The molecule has 0 bridgehead atoms. The number of hydrogen-bond donors (Lipinski definition) is 1. The summed E-state index contributed by atoms with van der Waals surface area (Å²) in [7, 11) is 0. The van der Waals surface area contributed by atoms with E-state index >= 15 is 0 Å². The molecule has 0 spiro atoms. The predicted octanol–water partition coefficient (Wildman–Crippen LogP) is 1.91. The Bertz CT molecular complexity index is 349. The second-order valence-corrected chi connectivity index (χ2v) is 3.52. The van der Waals surface area contributed by atoms with E-state index in [1.807, 2.05) is 31.2 Å². The highest BCUT2D eigenvalue weighted by atomic mass is 16.2. The van der Waals surface area contributed by atoms with Crippen molar-refractivity contribution in [1.29, 1.82) is 0 Å². The van der Waals surface area contributed by atoms with Gasteiger partial charge in [-0.1, -0.05) is 18.2 Å². The quantitative estimate of drug-likeness (QED) is 0.720. The van der Waals surface area contributed by atoms with Crippen LogP contribution in [0.4, 0.5) is 10.5 Å². The van der Waals surface area contributed by atoms with Crippen LogP contribution >= 0.6 is 0 Å². The molecule has 0 atom stereocenters. The molecule has 1 aliphatic rings. The number of hydrogen-bond acceptors (Lipinski definition) is 1. The van der Waals surface area contributed by atoms with Crippen molar-refractivity contribution in [2.45, 2.75) is 13.3 Å². The van der Waals surface area contributed by atoms with Crippen LogP contribution in [0.2, 0.25) is 0 Å². The van der Waals surface area contributed by atoms with E-state index in [2.05, 4.69) is 5.32 Å². The largest absolute Gasteiger partial charge is 0.338 e. The third-order valence-corrected chi connectivity index (χ3v) is 2.49. The van der Waals surface area contributed by atoms with Crippen molar-refractivity contribution >= 4 is 11.7 Å². The van der Waals surface area contributed by atoms with E-state index in [4.69, 9.17) is 0 Å². The highest BCUT2D eigenvalue weighted by Gasteiger charge is 2.19. The van der Waals surface area contributed by atoms with Crippen LogP contribution in [0.15, 0.2) is 24.3 Å². The number of nitrogens with zero attached hydrogens (tertiary/aromatic N) is 1. The first-order valence-electron chi connectivity index (χ1n) is 4.90. The van der Waals surface area contributed by atoms with Crippen LogP contribution in [0.5, 0.6) is 0 Å². The second-order valence-electron chi connectivity index (χ2n) is 3.52. The smallest absolute Gasteiger partial charge is 0.321 e. The Balaban J connectivity index is 2.29. The molecular formula is C11H14N2O. The molecule has 0 saturated carbocycles. The van der Waals surface area contributed by atoms with Gasteiger partial charge in [0.1, 0.15) is 0 Å². The topological polar surface area (TPSA) is 32.3 Å². The van der Waals surface area contributed by atoms with Crippen LogP contribution in [0.25, 0.3) is 0 Å². The lowest BCUT2D eigenvalue weighted by molar-refractivity contribution is 0.243. The summed E-state index contributed by atoms with van der Waals surface area (Å²) in [5.41, 5.74) is 2.16. The summed E-state index contributed by atoms with van der Waals surface area (Å²) in [6.07, 6.45) is 1.01. The summed E-state index contributed by atoms with van der Waals surface area (Å²) in [6.45, 7) is 3.63. The van der Waals surface area contributed by atoms with Crippen LogP contribution in [0.3, 0.4) is 0 Å². The Morgan fingerprint density at radius 1 is 1.36 bits per heavy atom. The molecule has 3 heteroatoms. The third kappa shape index (κ3) is 1.58. The number of carbonyl (C=O) groups excluding carboxylic acids is 1. The number of amides is 2. The van der Waals surface area contributed by atoms with Gasteiger partial charge in [-0.05, 0) is 25.0 Å². The van der Waals surface area contributed by atoms with E-state index in [-0.39, 0.29) is 6.03 Å². The fourth-order valence-electron chi connectivity index (χ4n) is 1.73. The molecule has 2 amide bonds. The monoisotopic (exact) mass is 190 g/mol. The number of urea groups is 1. The molecule has 2 rings (SSSR count). The van der Waals surface area contributed by atoms with E-state index in [1.54, 1.807) is 4.90 Å². The van der Waals surface area contributed by atoms with Crippen molar-refractivity contribution in [3.05, 3.63) is 29.8 Å². The first-order chi connectivity index (χ1) is 6.79. The zero-order chi connectivity index (χ0) is 9.97. The molecule has 0 unspecified atom stereocenters. The summed E-state index contributed by atoms with van der Waals surface area (Å²) in [4.78, 5) is 13.4. The number of nitrogens with one attached hydrogen (secondary N) is 1. The van der Waals surface area contributed by atoms with E-state index in [9.17, 15) is 4.79 Å². The molecule has 0 radical (unpaired) electrons. The fraction of sp³-hybridized carbons (Fsp3) is 0.364. The molecule has 1 fully saturated rings. The molecule has 1 N–H and O–H groups in total. The fourth-order valence-corrected chi connectivity index (χ4v) is 1.73. The standard InChI is InChI=1S/C11H14N2O/c1-9-5-2-3-6-10(9)13-8-4-7-12-11(13)14/h2-3,5-6H,4,7-8H2,1H3,(H,12,14). The summed E-state index contributed by atoms with van der Waals surface area (Å²) in [5, 5.41) is 2.84. The van der Waals surface area contributed by atoms with Crippen LogP contribution in [0.1, 0.15) is 12.0 Å². The molecule has 1 saturated heterocycles. The van der Waals surface area contributed by atoms with E-state index in [1.165, 1.54) is 0 Å². The highest BCUT2D eigenvalue weighted by molar-refractivity contribution is 5.93. The maximum Gasteiger partial charge on any atom is 0.321 e. The summed E-state index contributed by atoms with van der Waals surface area (Å²) in [6, 6.07) is 7.98. The van der Waals surface area contributed by atoms with Gasteiger partial charge in [0.2, 0.25) is 0 Å². The number of para-hydroxylation sites is 1. The SMILES string of the molecule is Cc1ccccc1N1CCCNC1=O. The molecular weight excluding hydrogens is 176 g/mol. The van der Waals surface area contributed by atoms with Gasteiger partial charge in [-0.15, -0.1) is 0 Å². The van der Waals surface area contributed by atoms with Gasteiger partial charge in [-0.2, -0.15) is 0 Å². The van der Waals surface area contributed by atoms with Crippen molar-refractivity contribution in [3.63, 3.8) is 0 Å². The Hall–Kier alpha value is -1.51. The van der Waals surface area contributed by atoms with Crippen LogP contribution in [-0.4, -0.2) is 19.1 Å². The Morgan fingerprint density at radius 2 is 2.14 bits per heavy atom. The average molecular weight is 190 g/mol. The van der Waals surface area contributed by atoms with Gasteiger partial charge in [0.15, 0.2) is 0 Å². The maximum absolute atomic E-state index is 11.6. The Kier molecular flexibility index (Phi) is 2.39. The number of carbonyl (C=O) groups is 1. The van der Waals surface area contributed by atoms with Crippen molar-refractivity contribution in [2.24, 2.45) is 0 Å². The highest BCUT2D eigenvalue weighted by Crippen LogP contribution is 2.20. The zero-order valence-corrected chi connectivity index (χ0v) is 8.29. The lowest BCUT2D eigenvalue weighted by Crippen LogP contribution is -2.46. The first-order valence-corrected chi connectivity index (χ1v) is 4.90. The van der Waals surface area contributed by atoms with Crippen LogP contribution < -0.4 is 10.2 Å².